The van der Waals surface area contributed by atoms with Crippen LogP contribution in [0.4, 0.5) is 5.69 Å². The van der Waals surface area contributed by atoms with Crippen LogP contribution in [0.25, 0.3) is 0 Å². The highest BCUT2D eigenvalue weighted by atomic mass is 16.2. The van der Waals surface area contributed by atoms with Crippen LogP contribution < -0.4 is 10.6 Å². The second-order valence-corrected chi connectivity index (χ2v) is 8.72. The fourth-order valence-corrected chi connectivity index (χ4v) is 5.12. The first kappa shape index (κ1) is 18.0. The second-order valence-electron chi connectivity index (χ2n) is 8.72. The Kier molecular flexibility index (Phi) is 5.32. The molecule has 2 saturated carbocycles. The molecule has 1 saturated heterocycles. The average Bonchev–Trinajstić information content (AvgIpc) is 3.37. The Morgan fingerprint density at radius 3 is 2.69 bits per heavy atom. The monoisotopic (exact) mass is 355 g/mol. The molecule has 1 aromatic carbocycles. The molecule has 142 valence electrons. The Balaban J connectivity index is 1.39. The highest BCUT2D eigenvalue weighted by molar-refractivity contribution is 5.95. The lowest BCUT2D eigenvalue weighted by atomic mass is 9.91. The van der Waals surface area contributed by atoms with E-state index in [9.17, 15) is 4.79 Å². The van der Waals surface area contributed by atoms with Gasteiger partial charge in [0.2, 0.25) is 5.91 Å². The largest absolute Gasteiger partial charge is 0.326 e. The second kappa shape index (κ2) is 7.69. The van der Waals surface area contributed by atoms with Crippen LogP contribution >= 0.6 is 0 Å². The number of rotatable bonds is 5. The van der Waals surface area contributed by atoms with Gasteiger partial charge in [-0.2, -0.15) is 0 Å². The molecule has 1 unspecified atom stereocenters. The normalized spacial score (nSPS) is 25.4. The third-order valence-corrected chi connectivity index (χ3v) is 7.00. The van der Waals surface area contributed by atoms with E-state index in [1.165, 1.54) is 37.7 Å². The summed E-state index contributed by atoms with van der Waals surface area (Å²) >= 11 is 0. The number of hydrogen-bond donors (Lipinski definition) is 2. The maximum atomic E-state index is 12.8. The van der Waals surface area contributed by atoms with Crippen molar-refractivity contribution >= 4 is 11.6 Å². The summed E-state index contributed by atoms with van der Waals surface area (Å²) in [4.78, 5) is 15.3. The molecule has 4 rings (SSSR count). The minimum absolute atomic E-state index is 0.216. The van der Waals surface area contributed by atoms with Crippen LogP contribution in [0.3, 0.4) is 0 Å². The van der Waals surface area contributed by atoms with E-state index < -0.39 is 0 Å². The van der Waals surface area contributed by atoms with Crippen molar-refractivity contribution < 1.29 is 4.79 Å². The van der Waals surface area contributed by atoms with Gasteiger partial charge < -0.3 is 10.6 Å². The van der Waals surface area contributed by atoms with Crippen molar-refractivity contribution in [2.45, 2.75) is 64.0 Å². The van der Waals surface area contributed by atoms with E-state index >= 15 is 0 Å². The topological polar surface area (TPSA) is 44.4 Å². The number of benzene rings is 1. The Bertz CT molecular complexity index is 632. The Hall–Kier alpha value is -1.39. The van der Waals surface area contributed by atoms with Gasteiger partial charge >= 0.3 is 0 Å². The molecule has 3 fully saturated rings. The summed E-state index contributed by atoms with van der Waals surface area (Å²) in [6.45, 7) is 3.04. The predicted octanol–water partition coefficient (Wildman–Crippen LogP) is 3.78. The van der Waals surface area contributed by atoms with Crippen LogP contribution in [-0.2, 0) is 11.3 Å². The maximum Gasteiger partial charge on any atom is 0.228 e. The number of nitrogens with one attached hydrogen (secondary N) is 2. The van der Waals surface area contributed by atoms with Crippen LogP contribution in [0.1, 0.15) is 56.9 Å². The van der Waals surface area contributed by atoms with Gasteiger partial charge in [0, 0.05) is 24.2 Å². The zero-order valence-electron chi connectivity index (χ0n) is 16.1. The number of carbonyl (C=O) groups excluding carboxylic acids is 1. The molecule has 1 amide bonds. The molecule has 1 heterocycles. The molecule has 26 heavy (non-hydrogen) atoms. The highest BCUT2D eigenvalue weighted by Gasteiger charge is 2.57. The number of para-hydroxylation sites is 1. The molecule has 0 radical (unpaired) electrons. The van der Waals surface area contributed by atoms with E-state index in [0.29, 0.717) is 11.5 Å². The first-order valence-corrected chi connectivity index (χ1v) is 10.5. The van der Waals surface area contributed by atoms with Crippen molar-refractivity contribution in [2.24, 2.45) is 11.3 Å². The Morgan fingerprint density at radius 1 is 1.19 bits per heavy atom. The minimum Gasteiger partial charge on any atom is -0.326 e. The van der Waals surface area contributed by atoms with Crippen LogP contribution in [0.5, 0.6) is 0 Å². The van der Waals surface area contributed by atoms with Crippen LogP contribution in [-0.4, -0.2) is 37.0 Å². The summed E-state index contributed by atoms with van der Waals surface area (Å²) < 4.78 is 0. The molecule has 1 aliphatic heterocycles. The molecule has 0 aromatic heterocycles. The van der Waals surface area contributed by atoms with E-state index in [0.717, 1.165) is 44.6 Å². The van der Waals surface area contributed by atoms with Crippen molar-refractivity contribution in [1.29, 1.82) is 0 Å². The molecule has 1 spiro atoms. The SMILES string of the molecule is CN(Cc1ccccc1NC(=O)C1CC12CCNCC2)C1CCCCC1. The van der Waals surface area contributed by atoms with E-state index in [1.807, 2.05) is 6.07 Å². The molecule has 1 atom stereocenters. The van der Waals surface area contributed by atoms with Gasteiger partial charge in [-0.05, 0) is 69.3 Å². The molecule has 4 nitrogen and oxygen atoms in total. The summed E-state index contributed by atoms with van der Waals surface area (Å²) in [6.07, 6.45) is 10.1. The number of anilines is 1. The number of hydrogen-bond acceptors (Lipinski definition) is 3. The van der Waals surface area contributed by atoms with Crippen molar-refractivity contribution in [1.82, 2.24) is 10.2 Å². The molecule has 0 bridgehead atoms. The third-order valence-electron chi connectivity index (χ3n) is 7.00. The Labute approximate surface area is 157 Å². The lowest BCUT2D eigenvalue weighted by molar-refractivity contribution is -0.118. The van der Waals surface area contributed by atoms with E-state index in [-0.39, 0.29) is 11.8 Å². The van der Waals surface area contributed by atoms with Gasteiger partial charge in [-0.1, -0.05) is 37.5 Å². The fraction of sp³-hybridized carbons (Fsp3) is 0.682. The van der Waals surface area contributed by atoms with Gasteiger partial charge in [-0.25, -0.2) is 0 Å². The van der Waals surface area contributed by atoms with Crippen molar-refractivity contribution in [3.63, 3.8) is 0 Å². The van der Waals surface area contributed by atoms with Crippen molar-refractivity contribution in [2.75, 3.05) is 25.5 Å². The summed E-state index contributed by atoms with van der Waals surface area (Å²) in [5.41, 5.74) is 2.55. The van der Waals surface area contributed by atoms with Gasteiger partial charge in [-0.15, -0.1) is 0 Å². The van der Waals surface area contributed by atoms with Crippen molar-refractivity contribution in [3.8, 4) is 0 Å². The number of amides is 1. The van der Waals surface area contributed by atoms with Gasteiger partial charge in [0.05, 0.1) is 0 Å². The zero-order chi connectivity index (χ0) is 18.0. The van der Waals surface area contributed by atoms with Crippen LogP contribution in [0.2, 0.25) is 0 Å². The van der Waals surface area contributed by atoms with Gasteiger partial charge in [-0.3, -0.25) is 9.69 Å². The maximum absolute atomic E-state index is 12.8. The van der Waals surface area contributed by atoms with E-state index in [1.54, 1.807) is 0 Å². The smallest absolute Gasteiger partial charge is 0.228 e. The quantitative estimate of drug-likeness (QED) is 0.845. The predicted molar refractivity (Wildman–Crippen MR) is 106 cm³/mol. The summed E-state index contributed by atoms with van der Waals surface area (Å²) in [5, 5.41) is 6.68. The molecule has 2 N–H and O–H groups in total. The lowest BCUT2D eigenvalue weighted by Crippen LogP contribution is -2.33. The first-order valence-electron chi connectivity index (χ1n) is 10.5. The summed E-state index contributed by atoms with van der Waals surface area (Å²) in [6, 6.07) is 9.05. The highest BCUT2D eigenvalue weighted by Crippen LogP contribution is 2.58. The van der Waals surface area contributed by atoms with Gasteiger partial charge in [0.25, 0.3) is 0 Å². The zero-order valence-corrected chi connectivity index (χ0v) is 16.1. The average molecular weight is 356 g/mol. The third kappa shape index (κ3) is 3.81. The van der Waals surface area contributed by atoms with E-state index in [2.05, 4.69) is 40.8 Å². The van der Waals surface area contributed by atoms with Gasteiger partial charge in [0.1, 0.15) is 0 Å². The number of nitrogens with zero attached hydrogens (tertiary/aromatic N) is 1. The fourth-order valence-electron chi connectivity index (χ4n) is 5.12. The molecule has 4 heteroatoms. The molecule has 1 aromatic rings. The number of carbonyl (C=O) groups is 1. The van der Waals surface area contributed by atoms with Gasteiger partial charge in [0.15, 0.2) is 0 Å². The standard InChI is InChI=1S/C22H33N3O/c1-25(18-8-3-2-4-9-18)16-17-7-5-6-10-20(17)24-21(26)19-15-22(19)11-13-23-14-12-22/h5-7,10,18-19,23H,2-4,8-9,11-16H2,1H3,(H,24,26). The van der Waals surface area contributed by atoms with Crippen LogP contribution in [0.15, 0.2) is 24.3 Å². The van der Waals surface area contributed by atoms with E-state index in [4.69, 9.17) is 0 Å². The Morgan fingerprint density at radius 2 is 1.92 bits per heavy atom. The molecule has 3 aliphatic rings. The van der Waals surface area contributed by atoms with Crippen LogP contribution in [0, 0.1) is 11.3 Å². The first-order chi connectivity index (χ1) is 12.7. The summed E-state index contributed by atoms with van der Waals surface area (Å²) in [7, 11) is 2.24. The molecular formula is C22H33N3O. The lowest BCUT2D eigenvalue weighted by Gasteiger charge is -2.31. The molecular weight excluding hydrogens is 322 g/mol. The number of piperidine rings is 1. The summed E-state index contributed by atoms with van der Waals surface area (Å²) in [5.74, 6) is 0.452. The molecule has 2 aliphatic carbocycles. The minimum atomic E-state index is 0.216. The van der Waals surface area contributed by atoms with Crippen molar-refractivity contribution in [3.05, 3.63) is 29.8 Å².